The number of rotatable bonds is 9. The van der Waals surface area contributed by atoms with Gasteiger partial charge in [0.1, 0.15) is 12.4 Å². The van der Waals surface area contributed by atoms with Gasteiger partial charge in [0.05, 0.1) is 0 Å². The van der Waals surface area contributed by atoms with Crippen molar-refractivity contribution in [2.75, 3.05) is 12.0 Å². The van der Waals surface area contributed by atoms with E-state index in [-0.39, 0.29) is 20.3 Å². The van der Waals surface area contributed by atoms with Crippen LogP contribution in [0.3, 0.4) is 0 Å². The SMILES string of the molecule is CSCCC(NC(=O)c1ccc(/C=C/c2cncnc2)cc1-c1ccccc1C)C(=O)O.[H-].[Li+]. The third kappa shape index (κ3) is 7.33. The van der Waals surface area contributed by atoms with Gasteiger partial charge in [-0.1, -0.05) is 42.5 Å². The molecule has 2 aromatic carbocycles. The predicted molar refractivity (Wildman–Crippen MR) is 131 cm³/mol. The van der Waals surface area contributed by atoms with Crippen LogP contribution in [0.5, 0.6) is 0 Å². The van der Waals surface area contributed by atoms with Gasteiger partial charge in [0.25, 0.3) is 5.91 Å². The summed E-state index contributed by atoms with van der Waals surface area (Å²) in [5.41, 5.74) is 4.91. The maximum absolute atomic E-state index is 13.1. The van der Waals surface area contributed by atoms with E-state index in [1.807, 2.05) is 61.7 Å². The van der Waals surface area contributed by atoms with Gasteiger partial charge in [-0.25, -0.2) is 14.8 Å². The van der Waals surface area contributed by atoms with Crippen molar-refractivity contribution < 1.29 is 35.0 Å². The smallest absolute Gasteiger partial charge is 1.00 e. The molecule has 3 aromatic rings. The number of aromatic nitrogens is 2. The monoisotopic (exact) mass is 455 g/mol. The molecule has 1 aromatic heterocycles. The maximum atomic E-state index is 13.1. The summed E-state index contributed by atoms with van der Waals surface area (Å²) >= 11 is 1.55. The molecule has 1 unspecified atom stereocenters. The second-order valence-corrected chi connectivity index (χ2v) is 8.26. The van der Waals surface area contributed by atoms with Crippen LogP contribution >= 0.6 is 11.8 Å². The van der Waals surface area contributed by atoms with Crippen LogP contribution in [0.15, 0.2) is 61.2 Å². The molecule has 33 heavy (non-hydrogen) atoms. The third-order valence-electron chi connectivity index (χ3n) is 4.99. The Hall–Kier alpha value is -2.85. The summed E-state index contributed by atoms with van der Waals surface area (Å²) < 4.78 is 0. The number of amides is 1. The Morgan fingerprint density at radius 2 is 1.79 bits per heavy atom. The molecule has 1 amide bonds. The summed E-state index contributed by atoms with van der Waals surface area (Å²) in [4.78, 5) is 32.7. The molecule has 0 radical (unpaired) electrons. The number of carbonyl (C=O) groups is 2. The molecule has 8 heteroatoms. The number of aliphatic carboxylic acids is 1. The van der Waals surface area contributed by atoms with Crippen molar-refractivity contribution in [2.24, 2.45) is 0 Å². The first-order valence-electron chi connectivity index (χ1n) is 10.2. The van der Waals surface area contributed by atoms with Crippen LogP contribution in [0, 0.1) is 6.92 Å². The number of aryl methyl sites for hydroxylation is 1. The molecular formula is C25H26LiN3O3S. The molecule has 0 aliphatic rings. The second kappa shape index (κ2) is 13.0. The van der Waals surface area contributed by atoms with E-state index in [4.69, 9.17) is 0 Å². The first-order chi connectivity index (χ1) is 15.5. The number of benzene rings is 2. The number of hydrogen-bond acceptors (Lipinski definition) is 5. The molecule has 0 saturated carbocycles. The van der Waals surface area contributed by atoms with Gasteiger partial charge in [0.15, 0.2) is 0 Å². The van der Waals surface area contributed by atoms with Gasteiger partial charge < -0.3 is 11.8 Å². The summed E-state index contributed by atoms with van der Waals surface area (Å²) in [5.74, 6) is -0.785. The minimum Gasteiger partial charge on any atom is -1.00 e. The fraction of sp³-hybridized carbons (Fsp3) is 0.200. The summed E-state index contributed by atoms with van der Waals surface area (Å²) in [7, 11) is 0. The second-order valence-electron chi connectivity index (χ2n) is 7.27. The Labute approximate surface area is 211 Å². The van der Waals surface area contributed by atoms with Gasteiger partial charge in [-0.05, 0) is 59.7 Å². The Morgan fingerprint density at radius 1 is 1.09 bits per heavy atom. The fourth-order valence-corrected chi connectivity index (χ4v) is 3.75. The first kappa shape index (κ1) is 26.4. The standard InChI is InChI=1S/C25H25N3O3S.Li.H/c1-17-5-3-4-6-20(17)22-13-18(7-8-19-14-26-16-27-15-19)9-10-21(22)24(29)28-23(25(30)31)11-12-32-2;;/h3-10,13-16,23H,11-12H2,1-2H3,(H,28,29)(H,30,31);;/q;+1;-1/b8-7+;;. The zero-order chi connectivity index (χ0) is 22.9. The number of carboxylic acid groups (broad SMARTS) is 1. The molecule has 0 saturated heterocycles. The minimum atomic E-state index is -1.03. The van der Waals surface area contributed by atoms with Crippen molar-refractivity contribution >= 4 is 35.8 Å². The Bertz CT molecular complexity index is 1130. The summed E-state index contributed by atoms with van der Waals surface area (Å²) in [6, 6.07) is 12.4. The van der Waals surface area contributed by atoms with Gasteiger partial charge >= 0.3 is 24.8 Å². The molecule has 0 aliphatic heterocycles. The predicted octanol–water partition coefficient (Wildman–Crippen LogP) is 1.68. The molecule has 6 nitrogen and oxygen atoms in total. The zero-order valence-electron chi connectivity index (χ0n) is 20.0. The van der Waals surface area contributed by atoms with Crippen LogP contribution in [0.4, 0.5) is 0 Å². The minimum absolute atomic E-state index is 0. The van der Waals surface area contributed by atoms with Crippen LogP contribution < -0.4 is 24.2 Å². The van der Waals surface area contributed by atoms with Crippen LogP contribution in [-0.2, 0) is 4.79 Å². The van der Waals surface area contributed by atoms with E-state index in [0.717, 1.165) is 27.8 Å². The van der Waals surface area contributed by atoms with Crippen LogP contribution in [0.1, 0.15) is 34.9 Å². The largest absolute Gasteiger partial charge is 1.00 e. The van der Waals surface area contributed by atoms with E-state index >= 15 is 0 Å². The molecular weight excluding hydrogens is 429 g/mol. The summed E-state index contributed by atoms with van der Waals surface area (Å²) in [5, 5.41) is 12.2. The molecule has 2 N–H and O–H groups in total. The van der Waals surface area contributed by atoms with E-state index < -0.39 is 17.9 Å². The average molecular weight is 456 g/mol. The van der Waals surface area contributed by atoms with Crippen molar-refractivity contribution in [3.63, 3.8) is 0 Å². The van der Waals surface area contributed by atoms with Crippen LogP contribution in [-0.4, -0.2) is 45.0 Å². The first-order valence-corrected chi connectivity index (χ1v) is 11.5. The quantitative estimate of drug-likeness (QED) is 0.477. The maximum Gasteiger partial charge on any atom is 1.00 e. The number of hydrogen-bond donors (Lipinski definition) is 2. The molecule has 0 bridgehead atoms. The van der Waals surface area contributed by atoms with Crippen molar-refractivity contribution in [2.45, 2.75) is 19.4 Å². The van der Waals surface area contributed by atoms with Gasteiger partial charge in [-0.3, -0.25) is 4.79 Å². The number of nitrogens with zero attached hydrogens (tertiary/aromatic N) is 2. The van der Waals surface area contributed by atoms with Crippen molar-refractivity contribution in [3.05, 3.63) is 83.4 Å². The van der Waals surface area contributed by atoms with Crippen LogP contribution in [0.25, 0.3) is 23.3 Å². The molecule has 0 fully saturated rings. The third-order valence-corrected chi connectivity index (χ3v) is 5.63. The summed E-state index contributed by atoms with van der Waals surface area (Å²) in [6.07, 6.45) is 11.0. The van der Waals surface area contributed by atoms with E-state index in [1.165, 1.54) is 6.33 Å². The van der Waals surface area contributed by atoms with Crippen molar-refractivity contribution in [1.29, 1.82) is 0 Å². The molecule has 166 valence electrons. The van der Waals surface area contributed by atoms with E-state index in [9.17, 15) is 14.7 Å². The van der Waals surface area contributed by atoms with Crippen LogP contribution in [0.2, 0.25) is 0 Å². The van der Waals surface area contributed by atoms with Crippen molar-refractivity contribution in [1.82, 2.24) is 15.3 Å². The van der Waals surface area contributed by atoms with Gasteiger partial charge in [0.2, 0.25) is 0 Å². The number of nitrogens with one attached hydrogen (secondary N) is 1. The van der Waals surface area contributed by atoms with Crippen molar-refractivity contribution in [3.8, 4) is 11.1 Å². The van der Waals surface area contributed by atoms with Gasteiger partial charge in [0, 0.05) is 23.5 Å². The number of carbonyl (C=O) groups excluding carboxylic acids is 1. The summed E-state index contributed by atoms with van der Waals surface area (Å²) in [6.45, 7) is 1.99. The topological polar surface area (TPSA) is 92.2 Å². The fourth-order valence-electron chi connectivity index (χ4n) is 3.28. The van der Waals surface area contributed by atoms with E-state index in [2.05, 4.69) is 15.3 Å². The molecule has 3 rings (SSSR count). The normalized spacial score (nSPS) is 11.6. The van der Waals surface area contributed by atoms with Gasteiger partial charge in [-0.15, -0.1) is 0 Å². The Balaban J connectivity index is 0.00000289. The van der Waals surface area contributed by atoms with E-state index in [0.29, 0.717) is 17.7 Å². The zero-order valence-corrected chi connectivity index (χ0v) is 19.8. The molecule has 0 aliphatic carbocycles. The Kier molecular flexibility index (Phi) is 10.4. The molecule has 0 spiro atoms. The number of thioether (sulfide) groups is 1. The molecule has 1 atom stereocenters. The van der Waals surface area contributed by atoms with E-state index in [1.54, 1.807) is 30.2 Å². The molecule has 1 heterocycles. The Morgan fingerprint density at radius 3 is 2.45 bits per heavy atom. The van der Waals surface area contributed by atoms with Gasteiger partial charge in [-0.2, -0.15) is 11.8 Å². The number of carboxylic acids is 1. The average Bonchev–Trinajstić information content (AvgIpc) is 2.81.